The largest absolute Gasteiger partial charge is 0.477 e. The van der Waals surface area contributed by atoms with Crippen LogP contribution in [-0.4, -0.2) is 33.4 Å². The minimum atomic E-state index is -0.994. The summed E-state index contributed by atoms with van der Waals surface area (Å²) in [6.07, 6.45) is 6.48. The topological polar surface area (TPSA) is 70.5 Å². The Hall–Kier alpha value is -2.21. The number of rotatable bonds is 3. The molecule has 1 N–H and O–H groups in total. The van der Waals surface area contributed by atoms with Gasteiger partial charge in [-0.3, -0.25) is 9.78 Å². The zero-order chi connectivity index (χ0) is 15.5. The Balaban J connectivity index is 1.86. The fraction of sp³-hybridized carbons (Fsp3) is 0.312. The number of pyridine rings is 1. The van der Waals surface area contributed by atoms with Gasteiger partial charge in [0.1, 0.15) is 4.88 Å². The lowest BCUT2D eigenvalue weighted by atomic mass is 9.96. The number of hydrogen-bond acceptors (Lipinski definition) is 4. The SMILES string of the molecule is O=C(O)c1ccc(C(=O)N2CCCC[C@H]2c2cccnc2)s1. The van der Waals surface area contributed by atoms with Crippen LogP contribution in [0.5, 0.6) is 0 Å². The molecule has 0 spiro atoms. The molecule has 1 amide bonds. The maximum Gasteiger partial charge on any atom is 0.345 e. The minimum absolute atomic E-state index is 0.0188. The summed E-state index contributed by atoms with van der Waals surface area (Å²) in [5.74, 6) is -1.09. The van der Waals surface area contributed by atoms with Gasteiger partial charge in [0.05, 0.1) is 10.9 Å². The summed E-state index contributed by atoms with van der Waals surface area (Å²) in [5, 5.41) is 9.00. The van der Waals surface area contributed by atoms with E-state index in [2.05, 4.69) is 4.98 Å². The number of carboxylic acids is 1. The van der Waals surface area contributed by atoms with Gasteiger partial charge < -0.3 is 10.0 Å². The van der Waals surface area contributed by atoms with E-state index in [0.717, 1.165) is 36.2 Å². The normalized spacial score (nSPS) is 18.2. The first-order valence-corrected chi connectivity index (χ1v) is 8.02. The van der Waals surface area contributed by atoms with Gasteiger partial charge in [-0.25, -0.2) is 4.79 Å². The van der Waals surface area contributed by atoms with Crippen LogP contribution in [0, 0.1) is 0 Å². The predicted molar refractivity (Wildman–Crippen MR) is 83.1 cm³/mol. The van der Waals surface area contributed by atoms with Crippen LogP contribution in [0.4, 0.5) is 0 Å². The van der Waals surface area contributed by atoms with Crippen molar-refractivity contribution >= 4 is 23.2 Å². The van der Waals surface area contributed by atoms with Gasteiger partial charge in [0.15, 0.2) is 0 Å². The number of carbonyl (C=O) groups excluding carboxylic acids is 1. The molecule has 6 heteroatoms. The van der Waals surface area contributed by atoms with E-state index in [-0.39, 0.29) is 16.8 Å². The van der Waals surface area contributed by atoms with Crippen molar-refractivity contribution in [3.05, 3.63) is 52.0 Å². The Morgan fingerprint density at radius 3 is 2.73 bits per heavy atom. The fourth-order valence-electron chi connectivity index (χ4n) is 2.80. The number of aromatic nitrogens is 1. The van der Waals surface area contributed by atoms with E-state index in [1.54, 1.807) is 18.5 Å². The monoisotopic (exact) mass is 316 g/mol. The molecule has 0 aliphatic carbocycles. The van der Waals surface area contributed by atoms with Crippen molar-refractivity contribution in [1.29, 1.82) is 0 Å². The number of carbonyl (C=O) groups is 2. The Bertz CT molecular complexity index is 684. The van der Waals surface area contributed by atoms with Crippen LogP contribution in [-0.2, 0) is 0 Å². The van der Waals surface area contributed by atoms with Crippen molar-refractivity contribution in [2.75, 3.05) is 6.54 Å². The fourth-order valence-corrected chi connectivity index (χ4v) is 3.60. The molecule has 1 saturated heterocycles. The molecule has 1 atom stereocenters. The van der Waals surface area contributed by atoms with E-state index in [1.807, 2.05) is 17.0 Å². The molecular formula is C16H16N2O3S. The molecule has 5 nitrogen and oxygen atoms in total. The highest BCUT2D eigenvalue weighted by Gasteiger charge is 2.29. The van der Waals surface area contributed by atoms with E-state index in [0.29, 0.717) is 11.4 Å². The highest BCUT2D eigenvalue weighted by atomic mass is 32.1. The van der Waals surface area contributed by atoms with Crippen LogP contribution in [0.1, 0.15) is 50.2 Å². The second-order valence-electron chi connectivity index (χ2n) is 5.27. The van der Waals surface area contributed by atoms with Gasteiger partial charge >= 0.3 is 5.97 Å². The molecule has 0 aromatic carbocycles. The van der Waals surface area contributed by atoms with E-state index >= 15 is 0 Å². The summed E-state index contributed by atoms with van der Waals surface area (Å²) in [6, 6.07) is 6.97. The highest BCUT2D eigenvalue weighted by Crippen LogP contribution is 2.32. The Morgan fingerprint density at radius 1 is 1.23 bits per heavy atom. The number of nitrogens with zero attached hydrogens (tertiary/aromatic N) is 2. The molecule has 0 bridgehead atoms. The number of hydrogen-bond donors (Lipinski definition) is 1. The number of aromatic carboxylic acids is 1. The van der Waals surface area contributed by atoms with E-state index in [4.69, 9.17) is 5.11 Å². The maximum atomic E-state index is 12.7. The third-order valence-electron chi connectivity index (χ3n) is 3.86. The summed E-state index contributed by atoms with van der Waals surface area (Å²) in [5.41, 5.74) is 1.03. The zero-order valence-electron chi connectivity index (χ0n) is 11.9. The van der Waals surface area contributed by atoms with Crippen molar-refractivity contribution < 1.29 is 14.7 Å². The quantitative estimate of drug-likeness (QED) is 0.944. The van der Waals surface area contributed by atoms with Crippen LogP contribution < -0.4 is 0 Å². The molecular weight excluding hydrogens is 300 g/mol. The van der Waals surface area contributed by atoms with Crippen LogP contribution in [0.25, 0.3) is 0 Å². The predicted octanol–water partition coefficient (Wildman–Crippen LogP) is 3.21. The second-order valence-corrected chi connectivity index (χ2v) is 6.35. The smallest absolute Gasteiger partial charge is 0.345 e. The number of amides is 1. The first-order valence-electron chi connectivity index (χ1n) is 7.21. The Labute approximate surface area is 132 Å². The Kier molecular flexibility index (Phi) is 4.20. The van der Waals surface area contributed by atoms with Gasteiger partial charge in [0.2, 0.25) is 0 Å². The highest BCUT2D eigenvalue weighted by molar-refractivity contribution is 7.15. The van der Waals surface area contributed by atoms with Gasteiger partial charge in [0, 0.05) is 18.9 Å². The average molecular weight is 316 g/mol. The van der Waals surface area contributed by atoms with Crippen molar-refractivity contribution in [2.24, 2.45) is 0 Å². The molecule has 1 aliphatic rings. The molecule has 0 unspecified atom stereocenters. The number of likely N-dealkylation sites (tertiary alicyclic amines) is 1. The van der Waals surface area contributed by atoms with Crippen LogP contribution in [0.3, 0.4) is 0 Å². The third kappa shape index (κ3) is 2.87. The van der Waals surface area contributed by atoms with Gasteiger partial charge in [-0.05, 0) is 43.0 Å². The molecule has 0 saturated carbocycles. The number of piperidine rings is 1. The van der Waals surface area contributed by atoms with Gasteiger partial charge in [0.25, 0.3) is 5.91 Å². The van der Waals surface area contributed by atoms with Crippen LogP contribution in [0.15, 0.2) is 36.7 Å². The van der Waals surface area contributed by atoms with E-state index in [1.165, 1.54) is 6.07 Å². The first kappa shape index (κ1) is 14.7. The molecule has 2 aromatic heterocycles. The third-order valence-corrected chi connectivity index (χ3v) is 4.92. The van der Waals surface area contributed by atoms with Crippen LogP contribution in [0.2, 0.25) is 0 Å². The van der Waals surface area contributed by atoms with Gasteiger partial charge in [-0.2, -0.15) is 0 Å². The summed E-state index contributed by atoms with van der Waals surface area (Å²) in [4.78, 5) is 30.4. The average Bonchev–Trinajstić information content (AvgIpc) is 3.05. The lowest BCUT2D eigenvalue weighted by molar-refractivity contribution is 0.0615. The maximum absolute atomic E-state index is 12.7. The molecule has 114 valence electrons. The Morgan fingerprint density at radius 2 is 2.05 bits per heavy atom. The molecule has 3 rings (SSSR count). The molecule has 2 aromatic rings. The van der Waals surface area contributed by atoms with Gasteiger partial charge in [-0.1, -0.05) is 6.07 Å². The van der Waals surface area contributed by atoms with Gasteiger partial charge in [-0.15, -0.1) is 11.3 Å². The summed E-state index contributed by atoms with van der Waals surface area (Å²) >= 11 is 1.03. The first-order chi connectivity index (χ1) is 10.7. The molecule has 3 heterocycles. The number of thiophene rings is 1. The summed E-state index contributed by atoms with van der Waals surface area (Å²) in [6.45, 7) is 0.693. The van der Waals surface area contributed by atoms with Crippen LogP contribution >= 0.6 is 11.3 Å². The lowest BCUT2D eigenvalue weighted by Crippen LogP contribution is -2.38. The van der Waals surface area contributed by atoms with Crippen molar-refractivity contribution in [3.8, 4) is 0 Å². The van der Waals surface area contributed by atoms with E-state index < -0.39 is 5.97 Å². The molecule has 1 aliphatic heterocycles. The van der Waals surface area contributed by atoms with Crippen molar-refractivity contribution in [1.82, 2.24) is 9.88 Å². The molecule has 1 fully saturated rings. The molecule has 0 radical (unpaired) electrons. The zero-order valence-corrected chi connectivity index (χ0v) is 12.8. The standard InChI is InChI=1S/C16H16N2O3S/c19-15(13-6-7-14(22-13)16(20)21)18-9-2-1-5-12(18)11-4-3-8-17-10-11/h3-4,6-8,10,12H,1-2,5,9H2,(H,20,21)/t12-/m0/s1. The second kappa shape index (κ2) is 6.27. The summed E-state index contributed by atoms with van der Waals surface area (Å²) < 4.78 is 0. The van der Waals surface area contributed by atoms with Crippen molar-refractivity contribution in [3.63, 3.8) is 0 Å². The number of carboxylic acid groups (broad SMARTS) is 1. The lowest BCUT2D eigenvalue weighted by Gasteiger charge is -2.35. The molecule has 22 heavy (non-hydrogen) atoms. The minimum Gasteiger partial charge on any atom is -0.477 e. The summed E-state index contributed by atoms with van der Waals surface area (Å²) in [7, 11) is 0. The van der Waals surface area contributed by atoms with Crippen molar-refractivity contribution in [2.45, 2.75) is 25.3 Å². The van der Waals surface area contributed by atoms with E-state index in [9.17, 15) is 9.59 Å².